The van der Waals surface area contributed by atoms with E-state index in [4.69, 9.17) is 0 Å². The highest BCUT2D eigenvalue weighted by molar-refractivity contribution is 5.38. The monoisotopic (exact) mass is 165 g/mol. The maximum absolute atomic E-state index is 4.19. The number of rotatable bonds is 4. The molecule has 0 atom stereocenters. The number of hydrogen-bond donors (Lipinski definition) is 1. The maximum Gasteiger partial charge on any atom is 0.0726 e. The fraction of sp³-hybridized carbons (Fsp3) is 0.667. The molecule has 1 saturated carbocycles. The van der Waals surface area contributed by atoms with Gasteiger partial charge in [0.05, 0.1) is 11.9 Å². The van der Waals surface area contributed by atoms with Gasteiger partial charge in [-0.05, 0) is 25.7 Å². The lowest BCUT2D eigenvalue weighted by atomic mass is 10.4. The van der Waals surface area contributed by atoms with Gasteiger partial charge in [0.1, 0.15) is 0 Å². The van der Waals surface area contributed by atoms with Gasteiger partial charge in [-0.25, -0.2) is 0 Å². The van der Waals surface area contributed by atoms with Gasteiger partial charge in [-0.3, -0.25) is 4.68 Å². The van der Waals surface area contributed by atoms with Gasteiger partial charge in [-0.15, -0.1) is 0 Å². The van der Waals surface area contributed by atoms with Crippen LogP contribution in [0.25, 0.3) is 0 Å². The lowest BCUT2D eigenvalue weighted by molar-refractivity contribution is 0.660. The Kier molecular flexibility index (Phi) is 2.02. The van der Waals surface area contributed by atoms with Gasteiger partial charge < -0.3 is 5.32 Å². The minimum Gasteiger partial charge on any atom is -0.382 e. The van der Waals surface area contributed by atoms with Gasteiger partial charge in [-0.1, -0.05) is 0 Å². The molecule has 0 unspecified atom stereocenters. The summed E-state index contributed by atoms with van der Waals surface area (Å²) in [7, 11) is 0. The zero-order chi connectivity index (χ0) is 8.39. The second kappa shape index (κ2) is 3.17. The fourth-order valence-corrected chi connectivity index (χ4v) is 1.21. The molecule has 1 aliphatic carbocycles. The summed E-state index contributed by atoms with van der Waals surface area (Å²) in [5.41, 5.74) is 1.16. The van der Waals surface area contributed by atoms with Gasteiger partial charge in [0.15, 0.2) is 0 Å². The van der Waals surface area contributed by atoms with E-state index in [9.17, 15) is 0 Å². The van der Waals surface area contributed by atoms with Crippen molar-refractivity contribution < 1.29 is 0 Å². The second-order valence-electron chi connectivity index (χ2n) is 3.41. The van der Waals surface area contributed by atoms with Crippen molar-refractivity contribution in [1.29, 1.82) is 0 Å². The standard InChI is InChI=1S/C9H15N3/c1-2-12-7-9(6-11-12)10-5-8-3-4-8/h6-8,10H,2-5H2,1H3. The Hall–Kier alpha value is -0.990. The van der Waals surface area contributed by atoms with E-state index in [0.29, 0.717) is 0 Å². The van der Waals surface area contributed by atoms with Gasteiger partial charge in [0, 0.05) is 19.3 Å². The smallest absolute Gasteiger partial charge is 0.0726 e. The number of nitrogens with zero attached hydrogens (tertiary/aromatic N) is 2. The average molecular weight is 165 g/mol. The van der Waals surface area contributed by atoms with Crippen LogP contribution in [0.1, 0.15) is 19.8 Å². The van der Waals surface area contributed by atoms with Crippen molar-refractivity contribution in [3.63, 3.8) is 0 Å². The van der Waals surface area contributed by atoms with Crippen molar-refractivity contribution in [2.45, 2.75) is 26.3 Å². The van der Waals surface area contributed by atoms with Crippen LogP contribution in [0.5, 0.6) is 0 Å². The SMILES string of the molecule is CCn1cc(NCC2CC2)cn1. The Bertz CT molecular complexity index is 250. The molecule has 0 aromatic carbocycles. The van der Waals surface area contributed by atoms with Crippen molar-refractivity contribution >= 4 is 5.69 Å². The molecule has 1 aromatic rings. The first kappa shape index (κ1) is 7.65. The predicted octanol–water partition coefficient (Wildman–Crippen LogP) is 1.72. The van der Waals surface area contributed by atoms with Crippen LogP contribution >= 0.6 is 0 Å². The Morgan fingerprint density at radius 1 is 1.67 bits per heavy atom. The Balaban J connectivity index is 1.84. The highest BCUT2D eigenvalue weighted by atomic mass is 15.3. The van der Waals surface area contributed by atoms with Crippen LogP contribution < -0.4 is 5.32 Å². The molecule has 0 aliphatic heterocycles. The van der Waals surface area contributed by atoms with Crippen molar-refractivity contribution in [3.05, 3.63) is 12.4 Å². The van der Waals surface area contributed by atoms with Crippen molar-refractivity contribution in [2.75, 3.05) is 11.9 Å². The molecule has 0 saturated heterocycles. The first-order valence-corrected chi connectivity index (χ1v) is 4.65. The third-order valence-electron chi connectivity index (χ3n) is 2.25. The van der Waals surface area contributed by atoms with Crippen LogP contribution in [0.3, 0.4) is 0 Å². The van der Waals surface area contributed by atoms with Crippen LogP contribution in [0.2, 0.25) is 0 Å². The third kappa shape index (κ3) is 1.78. The molecule has 12 heavy (non-hydrogen) atoms. The first-order valence-electron chi connectivity index (χ1n) is 4.65. The van der Waals surface area contributed by atoms with E-state index in [1.807, 2.05) is 10.9 Å². The van der Waals surface area contributed by atoms with Gasteiger partial charge in [0.2, 0.25) is 0 Å². The van der Waals surface area contributed by atoms with Crippen LogP contribution in [0.15, 0.2) is 12.4 Å². The molecule has 1 fully saturated rings. The molecular formula is C9H15N3. The summed E-state index contributed by atoms with van der Waals surface area (Å²) >= 11 is 0. The molecule has 0 bridgehead atoms. The number of hydrogen-bond acceptors (Lipinski definition) is 2. The van der Waals surface area contributed by atoms with Crippen LogP contribution in [0.4, 0.5) is 5.69 Å². The lowest BCUT2D eigenvalue weighted by Gasteiger charge is -1.99. The quantitative estimate of drug-likeness (QED) is 0.736. The first-order chi connectivity index (χ1) is 5.88. The number of aromatic nitrogens is 2. The predicted molar refractivity (Wildman–Crippen MR) is 49.1 cm³/mol. The third-order valence-corrected chi connectivity index (χ3v) is 2.25. The summed E-state index contributed by atoms with van der Waals surface area (Å²) in [5, 5.41) is 7.57. The molecule has 1 N–H and O–H groups in total. The molecule has 0 amide bonds. The summed E-state index contributed by atoms with van der Waals surface area (Å²) in [4.78, 5) is 0. The van der Waals surface area contributed by atoms with Crippen molar-refractivity contribution in [3.8, 4) is 0 Å². The lowest BCUT2D eigenvalue weighted by Crippen LogP contribution is -2.01. The molecule has 1 aliphatic rings. The second-order valence-corrected chi connectivity index (χ2v) is 3.41. The number of nitrogens with one attached hydrogen (secondary N) is 1. The average Bonchev–Trinajstić information content (AvgIpc) is 2.81. The van der Waals surface area contributed by atoms with Crippen molar-refractivity contribution in [2.24, 2.45) is 5.92 Å². The number of anilines is 1. The summed E-state index contributed by atoms with van der Waals surface area (Å²) in [6.07, 6.45) is 6.75. The molecule has 66 valence electrons. The van der Waals surface area contributed by atoms with Gasteiger partial charge >= 0.3 is 0 Å². The van der Waals surface area contributed by atoms with E-state index in [0.717, 1.165) is 24.7 Å². The zero-order valence-electron chi connectivity index (χ0n) is 7.45. The van der Waals surface area contributed by atoms with Crippen molar-refractivity contribution in [1.82, 2.24) is 9.78 Å². The van der Waals surface area contributed by atoms with E-state index in [2.05, 4.69) is 23.5 Å². The Morgan fingerprint density at radius 2 is 2.50 bits per heavy atom. The molecule has 2 rings (SSSR count). The maximum atomic E-state index is 4.19. The van der Waals surface area contributed by atoms with Crippen LogP contribution in [-0.4, -0.2) is 16.3 Å². The minimum atomic E-state index is 0.926. The largest absolute Gasteiger partial charge is 0.382 e. The zero-order valence-corrected chi connectivity index (χ0v) is 7.45. The fourth-order valence-electron chi connectivity index (χ4n) is 1.21. The van der Waals surface area contributed by atoms with E-state index in [1.165, 1.54) is 12.8 Å². The molecule has 0 spiro atoms. The highest BCUT2D eigenvalue weighted by Crippen LogP contribution is 2.28. The van der Waals surface area contributed by atoms with E-state index >= 15 is 0 Å². The number of aryl methyl sites for hydroxylation is 1. The van der Waals surface area contributed by atoms with Gasteiger partial charge in [0.25, 0.3) is 0 Å². The minimum absolute atomic E-state index is 0.926. The van der Waals surface area contributed by atoms with Crippen LogP contribution in [-0.2, 0) is 6.54 Å². The van der Waals surface area contributed by atoms with Crippen LogP contribution in [0, 0.1) is 5.92 Å². The molecule has 3 heteroatoms. The van der Waals surface area contributed by atoms with E-state index in [1.54, 1.807) is 0 Å². The molecule has 3 nitrogen and oxygen atoms in total. The Morgan fingerprint density at radius 3 is 3.08 bits per heavy atom. The van der Waals surface area contributed by atoms with Gasteiger partial charge in [-0.2, -0.15) is 5.10 Å². The summed E-state index contributed by atoms with van der Waals surface area (Å²) < 4.78 is 1.94. The molecule has 1 heterocycles. The Labute approximate surface area is 72.8 Å². The molecule has 0 radical (unpaired) electrons. The normalized spacial score (nSPS) is 16.4. The summed E-state index contributed by atoms with van der Waals surface area (Å²) in [6.45, 7) is 4.16. The van der Waals surface area contributed by atoms with E-state index < -0.39 is 0 Å². The topological polar surface area (TPSA) is 29.9 Å². The summed E-state index contributed by atoms with van der Waals surface area (Å²) in [5.74, 6) is 0.926. The van der Waals surface area contributed by atoms with E-state index in [-0.39, 0.29) is 0 Å². The molecule has 1 aromatic heterocycles. The molecular weight excluding hydrogens is 150 g/mol. The summed E-state index contributed by atoms with van der Waals surface area (Å²) in [6, 6.07) is 0. The highest BCUT2D eigenvalue weighted by Gasteiger charge is 2.20.